The van der Waals surface area contributed by atoms with E-state index in [2.05, 4.69) is 15.9 Å². The molecule has 5 heteroatoms. The van der Waals surface area contributed by atoms with Crippen molar-refractivity contribution >= 4 is 33.8 Å². The third kappa shape index (κ3) is 3.14. The van der Waals surface area contributed by atoms with Crippen LogP contribution in [0.1, 0.15) is 15.9 Å². The van der Waals surface area contributed by atoms with Crippen molar-refractivity contribution in [2.45, 2.75) is 6.61 Å². The number of carbonyl (C=O) groups excluding carboxylic acids is 1. The molecule has 19 heavy (non-hydrogen) atoms. The molecule has 0 heterocycles. The minimum Gasteiger partial charge on any atom is -0.487 e. The fourth-order valence-electron chi connectivity index (χ4n) is 1.58. The van der Waals surface area contributed by atoms with Crippen molar-refractivity contribution in [2.75, 3.05) is 0 Å². The van der Waals surface area contributed by atoms with E-state index in [4.69, 9.17) is 16.3 Å². The molecule has 2 aromatic carbocycles. The third-order valence-corrected chi connectivity index (χ3v) is 3.58. The van der Waals surface area contributed by atoms with Gasteiger partial charge in [0.1, 0.15) is 18.2 Å². The summed E-state index contributed by atoms with van der Waals surface area (Å²) in [4.78, 5) is 10.9. The molecule has 2 aromatic rings. The van der Waals surface area contributed by atoms with Gasteiger partial charge < -0.3 is 4.74 Å². The van der Waals surface area contributed by atoms with E-state index >= 15 is 0 Å². The predicted molar refractivity (Wildman–Crippen MR) is 75.3 cm³/mol. The Morgan fingerprint density at radius 2 is 2.00 bits per heavy atom. The molecule has 0 bridgehead atoms. The lowest BCUT2D eigenvalue weighted by molar-refractivity contribution is 0.111. The molecular weight excluding hydrogens is 335 g/mol. The van der Waals surface area contributed by atoms with Crippen LogP contribution in [0.3, 0.4) is 0 Å². The molecule has 0 radical (unpaired) electrons. The van der Waals surface area contributed by atoms with E-state index in [1.54, 1.807) is 30.3 Å². The zero-order valence-electron chi connectivity index (χ0n) is 9.70. The van der Waals surface area contributed by atoms with Crippen molar-refractivity contribution < 1.29 is 13.9 Å². The first-order valence-corrected chi connectivity index (χ1v) is 6.60. The molecule has 0 saturated carbocycles. The number of rotatable bonds is 4. The van der Waals surface area contributed by atoms with Gasteiger partial charge in [0.05, 0.1) is 15.1 Å². The third-order valence-electron chi connectivity index (χ3n) is 2.53. The summed E-state index contributed by atoms with van der Waals surface area (Å²) in [6, 6.07) is 9.64. The summed E-state index contributed by atoms with van der Waals surface area (Å²) in [5, 5.41) is 0.0298. The van der Waals surface area contributed by atoms with E-state index in [1.165, 1.54) is 6.07 Å². The van der Waals surface area contributed by atoms with E-state index in [0.717, 1.165) is 0 Å². The molecular formula is C14H9BrClFO2. The van der Waals surface area contributed by atoms with Gasteiger partial charge in [0, 0.05) is 5.56 Å². The molecule has 2 rings (SSSR count). The van der Waals surface area contributed by atoms with E-state index in [-0.39, 0.29) is 11.6 Å². The predicted octanol–water partition coefficient (Wildman–Crippen LogP) is 4.63. The summed E-state index contributed by atoms with van der Waals surface area (Å²) in [5.41, 5.74) is 0.941. The second-order valence-electron chi connectivity index (χ2n) is 3.78. The fraction of sp³-hybridized carbons (Fsp3) is 0.0714. The Kier molecular flexibility index (Phi) is 4.56. The maximum Gasteiger partial charge on any atom is 0.153 e. The van der Waals surface area contributed by atoms with Crippen LogP contribution in [-0.2, 0) is 6.61 Å². The van der Waals surface area contributed by atoms with Crippen LogP contribution >= 0.6 is 27.5 Å². The van der Waals surface area contributed by atoms with Crippen molar-refractivity contribution in [1.82, 2.24) is 0 Å². The van der Waals surface area contributed by atoms with Crippen molar-refractivity contribution in [3.05, 3.63) is 62.8 Å². The van der Waals surface area contributed by atoms with Gasteiger partial charge in [0.25, 0.3) is 0 Å². The number of hydrogen-bond acceptors (Lipinski definition) is 2. The summed E-state index contributed by atoms with van der Waals surface area (Å²) >= 11 is 9.14. The number of benzene rings is 2. The number of para-hydroxylation sites is 1. The SMILES string of the molecule is O=Cc1cccc(Br)c1OCc1cccc(F)c1Cl. The molecule has 0 saturated heterocycles. The van der Waals surface area contributed by atoms with E-state index in [0.29, 0.717) is 27.6 Å². The topological polar surface area (TPSA) is 26.3 Å². The molecule has 0 aliphatic carbocycles. The van der Waals surface area contributed by atoms with Crippen molar-refractivity contribution in [3.63, 3.8) is 0 Å². The van der Waals surface area contributed by atoms with Gasteiger partial charge in [0.2, 0.25) is 0 Å². The second-order valence-corrected chi connectivity index (χ2v) is 5.01. The van der Waals surface area contributed by atoms with Gasteiger partial charge in [0.15, 0.2) is 6.29 Å². The Bertz CT molecular complexity index is 616. The minimum atomic E-state index is -0.495. The largest absolute Gasteiger partial charge is 0.487 e. The first kappa shape index (κ1) is 14.0. The van der Waals surface area contributed by atoms with E-state index in [9.17, 15) is 9.18 Å². The molecule has 0 N–H and O–H groups in total. The van der Waals surface area contributed by atoms with Gasteiger partial charge in [-0.25, -0.2) is 4.39 Å². The highest BCUT2D eigenvalue weighted by molar-refractivity contribution is 9.10. The van der Waals surface area contributed by atoms with Crippen LogP contribution in [-0.4, -0.2) is 6.29 Å². The summed E-state index contributed by atoms with van der Waals surface area (Å²) in [7, 11) is 0. The van der Waals surface area contributed by atoms with E-state index < -0.39 is 5.82 Å². The number of hydrogen-bond donors (Lipinski definition) is 0. The zero-order valence-corrected chi connectivity index (χ0v) is 12.0. The average molecular weight is 344 g/mol. The van der Waals surface area contributed by atoms with Crippen LogP contribution in [0.15, 0.2) is 40.9 Å². The van der Waals surface area contributed by atoms with Gasteiger partial charge in [-0.15, -0.1) is 0 Å². The maximum absolute atomic E-state index is 13.3. The van der Waals surface area contributed by atoms with Crippen LogP contribution < -0.4 is 4.74 Å². The van der Waals surface area contributed by atoms with Gasteiger partial charge in [-0.2, -0.15) is 0 Å². The zero-order chi connectivity index (χ0) is 13.8. The Hall–Kier alpha value is -1.39. The Balaban J connectivity index is 2.24. The summed E-state index contributed by atoms with van der Waals surface area (Å²) in [6.07, 6.45) is 0.702. The molecule has 98 valence electrons. The van der Waals surface area contributed by atoms with E-state index in [1.807, 2.05) is 0 Å². The Labute approximate surface area is 123 Å². The maximum atomic E-state index is 13.3. The minimum absolute atomic E-state index is 0.0298. The van der Waals surface area contributed by atoms with Gasteiger partial charge in [-0.05, 0) is 34.1 Å². The lowest BCUT2D eigenvalue weighted by Gasteiger charge is -2.11. The van der Waals surface area contributed by atoms with Gasteiger partial charge in [-0.3, -0.25) is 4.79 Å². The molecule has 0 spiro atoms. The van der Waals surface area contributed by atoms with Crippen molar-refractivity contribution in [2.24, 2.45) is 0 Å². The molecule has 0 aliphatic heterocycles. The standard InChI is InChI=1S/C14H9BrClFO2/c15-11-5-1-3-9(7-18)14(11)19-8-10-4-2-6-12(17)13(10)16/h1-7H,8H2. The highest BCUT2D eigenvalue weighted by Crippen LogP contribution is 2.29. The molecule has 0 aromatic heterocycles. The highest BCUT2D eigenvalue weighted by atomic mass is 79.9. The van der Waals surface area contributed by atoms with Crippen molar-refractivity contribution in [3.8, 4) is 5.75 Å². The summed E-state index contributed by atoms with van der Waals surface area (Å²) in [6.45, 7) is 0.0834. The molecule has 0 amide bonds. The first-order valence-electron chi connectivity index (χ1n) is 5.43. The lowest BCUT2D eigenvalue weighted by Crippen LogP contribution is -2.00. The first-order chi connectivity index (χ1) is 9.13. The monoisotopic (exact) mass is 342 g/mol. The Morgan fingerprint density at radius 3 is 2.74 bits per heavy atom. The smallest absolute Gasteiger partial charge is 0.153 e. The van der Waals surface area contributed by atoms with Gasteiger partial charge >= 0.3 is 0 Å². The second kappa shape index (κ2) is 6.17. The van der Waals surface area contributed by atoms with Crippen LogP contribution in [0.25, 0.3) is 0 Å². The normalized spacial score (nSPS) is 10.3. The molecule has 0 aliphatic rings. The fourth-order valence-corrected chi connectivity index (χ4v) is 2.26. The van der Waals surface area contributed by atoms with Gasteiger partial charge in [-0.1, -0.05) is 29.8 Å². The van der Waals surface area contributed by atoms with Crippen molar-refractivity contribution in [1.29, 1.82) is 0 Å². The highest BCUT2D eigenvalue weighted by Gasteiger charge is 2.10. The van der Waals surface area contributed by atoms with Crippen LogP contribution in [0.4, 0.5) is 4.39 Å². The average Bonchev–Trinajstić information content (AvgIpc) is 2.41. The quantitative estimate of drug-likeness (QED) is 0.756. The van der Waals surface area contributed by atoms with Crippen LogP contribution in [0, 0.1) is 5.82 Å². The van der Waals surface area contributed by atoms with Crippen LogP contribution in [0.2, 0.25) is 5.02 Å². The number of carbonyl (C=O) groups is 1. The number of aldehydes is 1. The Morgan fingerprint density at radius 1 is 1.26 bits per heavy atom. The molecule has 0 fully saturated rings. The molecule has 0 unspecified atom stereocenters. The number of halogens is 3. The number of ether oxygens (including phenoxy) is 1. The summed E-state index contributed by atoms with van der Waals surface area (Å²) < 4.78 is 19.5. The summed E-state index contributed by atoms with van der Waals surface area (Å²) in [5.74, 6) is -0.0802. The lowest BCUT2D eigenvalue weighted by atomic mass is 10.2. The molecule has 2 nitrogen and oxygen atoms in total. The molecule has 0 atom stereocenters. The van der Waals surface area contributed by atoms with Crippen LogP contribution in [0.5, 0.6) is 5.75 Å².